The second-order valence-electron chi connectivity index (χ2n) is 7.65. The number of carbonyl (C=O) groups excluding carboxylic acids is 1. The van der Waals surface area contributed by atoms with Crippen LogP contribution >= 0.6 is 11.8 Å². The van der Waals surface area contributed by atoms with Crippen molar-refractivity contribution >= 4 is 23.8 Å². The molecule has 0 spiro atoms. The van der Waals surface area contributed by atoms with Crippen molar-refractivity contribution < 1.29 is 14.3 Å². The Balaban J connectivity index is 1.71. The summed E-state index contributed by atoms with van der Waals surface area (Å²) in [6, 6.07) is 9.86. The van der Waals surface area contributed by atoms with E-state index >= 15 is 0 Å². The minimum absolute atomic E-state index is 0.00588. The van der Waals surface area contributed by atoms with Crippen LogP contribution in [-0.2, 0) is 33.0 Å². The number of pyridine rings is 1. The summed E-state index contributed by atoms with van der Waals surface area (Å²) in [7, 11) is 0. The standard InChI is InChI=1S/C22H22N2O4S/c1-3-22(28-12-29-2)16-9-18-19-14(8-13-6-4-5-7-17(13)23-19)10-24(18)20(25)15(16)11-27-21(22)26/h4-9,14,19H,3,10-12H2,1-2H3/t14?,19?,22-/m0/s1. The van der Waals surface area contributed by atoms with Gasteiger partial charge in [0.05, 0.1) is 22.9 Å². The highest BCUT2D eigenvalue weighted by Gasteiger charge is 2.48. The van der Waals surface area contributed by atoms with Crippen LogP contribution in [0.5, 0.6) is 0 Å². The fraction of sp³-hybridized carbons (Fsp3) is 0.409. The van der Waals surface area contributed by atoms with Crippen LogP contribution in [0.3, 0.4) is 0 Å². The Bertz CT molecular complexity index is 1190. The van der Waals surface area contributed by atoms with Gasteiger partial charge in [-0.15, -0.1) is 11.8 Å². The van der Waals surface area contributed by atoms with Crippen LogP contribution in [0.2, 0.25) is 0 Å². The molecule has 0 saturated heterocycles. The summed E-state index contributed by atoms with van der Waals surface area (Å²) in [4.78, 5) is 31.1. The number of cyclic esters (lactones) is 1. The third-order valence-corrected chi connectivity index (χ3v) is 6.53. The smallest absolute Gasteiger partial charge is 0.343 e. The predicted octanol–water partition coefficient (Wildman–Crippen LogP) is 1.63. The lowest BCUT2D eigenvalue weighted by molar-refractivity contribution is -0.177. The molecule has 0 N–H and O–H groups in total. The third kappa shape index (κ3) is 2.64. The number of ether oxygens (including phenoxy) is 2. The highest BCUT2D eigenvalue weighted by molar-refractivity contribution is 7.98. The Labute approximate surface area is 172 Å². The molecule has 0 aliphatic carbocycles. The number of rotatable bonds is 4. The maximum atomic E-state index is 13.4. The number of hydrogen-bond donors (Lipinski definition) is 0. The second kappa shape index (κ2) is 6.85. The van der Waals surface area contributed by atoms with Crippen LogP contribution in [-0.4, -0.2) is 22.7 Å². The summed E-state index contributed by atoms with van der Waals surface area (Å²) in [5, 5.41) is 2.04. The Morgan fingerprint density at radius 3 is 2.97 bits per heavy atom. The number of thioether (sulfide) groups is 1. The zero-order valence-electron chi connectivity index (χ0n) is 16.4. The van der Waals surface area contributed by atoms with Gasteiger partial charge in [-0.1, -0.05) is 31.2 Å². The Morgan fingerprint density at radius 2 is 2.17 bits per heavy atom. The van der Waals surface area contributed by atoms with Crippen molar-refractivity contribution in [1.29, 1.82) is 0 Å². The summed E-state index contributed by atoms with van der Waals surface area (Å²) in [5.41, 5.74) is 0.686. The summed E-state index contributed by atoms with van der Waals surface area (Å²) < 4.78 is 13.2. The Morgan fingerprint density at radius 1 is 1.34 bits per heavy atom. The first-order valence-corrected chi connectivity index (χ1v) is 11.2. The number of carbonyl (C=O) groups is 1. The number of para-hydroxylation sites is 1. The van der Waals surface area contributed by atoms with Gasteiger partial charge in [0.1, 0.15) is 6.61 Å². The molecule has 5 rings (SSSR count). The maximum absolute atomic E-state index is 13.4. The average Bonchev–Trinajstić information content (AvgIpc) is 3.10. The van der Waals surface area contributed by atoms with E-state index in [9.17, 15) is 9.59 Å². The number of esters is 1. The first kappa shape index (κ1) is 18.6. The largest absolute Gasteiger partial charge is 0.458 e. The van der Waals surface area contributed by atoms with Gasteiger partial charge in [-0.25, -0.2) is 4.79 Å². The molecule has 4 heterocycles. The predicted molar refractivity (Wildman–Crippen MR) is 110 cm³/mol. The number of benzene rings is 1. The van der Waals surface area contributed by atoms with E-state index in [1.807, 2.05) is 37.4 Å². The highest BCUT2D eigenvalue weighted by Crippen LogP contribution is 2.42. The van der Waals surface area contributed by atoms with Gasteiger partial charge < -0.3 is 14.0 Å². The molecule has 3 atom stereocenters. The van der Waals surface area contributed by atoms with E-state index in [-0.39, 0.29) is 24.1 Å². The Hall–Kier alpha value is -2.38. The molecular weight excluding hydrogens is 388 g/mol. The molecule has 0 fully saturated rings. The lowest BCUT2D eigenvalue weighted by atomic mass is 9.85. The molecule has 0 amide bonds. The number of nitrogens with zero attached hydrogens (tertiary/aromatic N) is 2. The van der Waals surface area contributed by atoms with Crippen molar-refractivity contribution in [2.45, 2.75) is 38.1 Å². The first-order valence-electron chi connectivity index (χ1n) is 9.81. The minimum atomic E-state index is -1.24. The van der Waals surface area contributed by atoms with Gasteiger partial charge in [-0.05, 0) is 30.0 Å². The molecule has 0 radical (unpaired) electrons. The van der Waals surface area contributed by atoms with Gasteiger partial charge in [-0.2, -0.15) is 0 Å². The van der Waals surface area contributed by atoms with Crippen molar-refractivity contribution in [3.63, 3.8) is 0 Å². The average molecular weight is 410 g/mol. The lowest BCUT2D eigenvalue weighted by Crippen LogP contribution is -2.46. The zero-order valence-corrected chi connectivity index (χ0v) is 17.2. The minimum Gasteiger partial charge on any atom is -0.458 e. The lowest BCUT2D eigenvalue weighted by Gasteiger charge is -2.36. The fourth-order valence-electron chi connectivity index (χ4n) is 4.70. The normalized spacial score (nSPS) is 26.3. The number of aromatic nitrogens is 1. The quantitative estimate of drug-likeness (QED) is 0.566. The van der Waals surface area contributed by atoms with Crippen LogP contribution < -0.4 is 16.1 Å². The molecular formula is C22H22N2O4S. The van der Waals surface area contributed by atoms with E-state index in [2.05, 4.69) is 12.1 Å². The van der Waals surface area contributed by atoms with Gasteiger partial charge in [0.25, 0.3) is 5.56 Å². The van der Waals surface area contributed by atoms with E-state index in [1.165, 1.54) is 11.8 Å². The maximum Gasteiger partial charge on any atom is 0.343 e. The third-order valence-electron chi connectivity index (χ3n) is 6.18. The van der Waals surface area contributed by atoms with Crippen LogP contribution in [0.4, 0.5) is 0 Å². The van der Waals surface area contributed by atoms with Gasteiger partial charge in [0.15, 0.2) is 5.60 Å². The topological polar surface area (TPSA) is 69.9 Å². The van der Waals surface area contributed by atoms with Crippen molar-refractivity contribution in [3.05, 3.63) is 68.1 Å². The van der Waals surface area contributed by atoms with E-state index in [0.717, 1.165) is 16.3 Å². The Kier molecular flexibility index (Phi) is 4.40. The molecule has 0 bridgehead atoms. The fourth-order valence-corrected chi connectivity index (χ4v) is 5.02. The summed E-state index contributed by atoms with van der Waals surface area (Å²) in [6.45, 7) is 2.47. The van der Waals surface area contributed by atoms with Gasteiger partial charge in [0, 0.05) is 23.7 Å². The summed E-state index contributed by atoms with van der Waals surface area (Å²) in [6.07, 6.45) is 4.52. The van der Waals surface area contributed by atoms with E-state index in [1.54, 1.807) is 4.57 Å². The van der Waals surface area contributed by atoms with Crippen molar-refractivity contribution in [3.8, 4) is 0 Å². The van der Waals surface area contributed by atoms with Crippen molar-refractivity contribution in [1.82, 2.24) is 4.57 Å². The van der Waals surface area contributed by atoms with Crippen molar-refractivity contribution in [2.75, 3.05) is 12.2 Å². The molecule has 29 heavy (non-hydrogen) atoms. The van der Waals surface area contributed by atoms with Crippen molar-refractivity contribution in [2.24, 2.45) is 10.9 Å². The molecule has 6 nitrogen and oxygen atoms in total. The van der Waals surface area contributed by atoms with Crippen LogP contribution in [0.25, 0.3) is 6.08 Å². The monoisotopic (exact) mass is 410 g/mol. The van der Waals surface area contributed by atoms with E-state index in [4.69, 9.17) is 14.5 Å². The zero-order chi connectivity index (χ0) is 20.2. The molecule has 1 aromatic heterocycles. The van der Waals surface area contributed by atoms with E-state index < -0.39 is 11.6 Å². The number of hydrogen-bond acceptors (Lipinski definition) is 6. The number of fused-ring (bicyclic) bond motifs is 5. The summed E-state index contributed by atoms with van der Waals surface area (Å²) in [5.74, 6) is 0.0532. The SMILES string of the molecule is CC[C@@]1(OCSC)C(=O)OCc2c1cc1n(c2=O)CC2C=c3ccccc3=NC12. The molecule has 7 heteroatoms. The molecule has 1 aromatic carbocycles. The highest BCUT2D eigenvalue weighted by atomic mass is 32.2. The molecule has 2 unspecified atom stereocenters. The summed E-state index contributed by atoms with van der Waals surface area (Å²) >= 11 is 1.49. The second-order valence-corrected chi connectivity index (χ2v) is 8.46. The molecule has 150 valence electrons. The molecule has 0 saturated carbocycles. The van der Waals surface area contributed by atoms with Crippen LogP contribution in [0.1, 0.15) is 36.2 Å². The van der Waals surface area contributed by atoms with Gasteiger partial charge >= 0.3 is 5.97 Å². The molecule has 2 aromatic rings. The first-order chi connectivity index (χ1) is 14.1. The van der Waals surface area contributed by atoms with E-state index in [0.29, 0.717) is 30.0 Å². The molecule has 3 aliphatic rings. The van der Waals surface area contributed by atoms with Crippen LogP contribution in [0.15, 0.2) is 40.1 Å². The van der Waals surface area contributed by atoms with Crippen LogP contribution in [0, 0.1) is 5.92 Å². The molecule has 3 aliphatic heterocycles. The van der Waals surface area contributed by atoms with Gasteiger partial charge in [-0.3, -0.25) is 9.79 Å². The van der Waals surface area contributed by atoms with Gasteiger partial charge in [0.2, 0.25) is 0 Å².